The Morgan fingerprint density at radius 3 is 2.68 bits per heavy atom. The molecule has 2 amide bonds. The Kier molecular flexibility index (Phi) is 7.24. The Labute approximate surface area is 190 Å². The number of carbonyl (C=O) groups is 2. The minimum atomic E-state index is -0.376. The fourth-order valence-corrected chi connectivity index (χ4v) is 4.60. The van der Waals surface area contributed by atoms with E-state index in [1.54, 1.807) is 12.1 Å². The summed E-state index contributed by atoms with van der Waals surface area (Å²) in [5, 5.41) is 2.66. The van der Waals surface area contributed by atoms with E-state index in [0.717, 1.165) is 64.5 Å². The minimum absolute atomic E-state index is 0.00732. The number of pyridine rings is 1. The van der Waals surface area contributed by atoms with Crippen LogP contribution in [0.2, 0.25) is 0 Å². The lowest BCUT2D eigenvalue weighted by Gasteiger charge is -2.39. The minimum Gasteiger partial charge on any atom is -0.444 e. The van der Waals surface area contributed by atoms with Crippen molar-refractivity contribution in [1.82, 2.24) is 20.1 Å². The predicted octanol–water partition coefficient (Wildman–Crippen LogP) is 2.23. The molecule has 0 aromatic carbocycles. The number of likely N-dealkylation sites (tertiary alicyclic amines) is 1. The van der Waals surface area contributed by atoms with Gasteiger partial charge in [-0.2, -0.15) is 0 Å². The summed E-state index contributed by atoms with van der Waals surface area (Å²) in [4.78, 5) is 35.9. The number of rotatable bonds is 6. The van der Waals surface area contributed by atoms with Gasteiger partial charge in [0.1, 0.15) is 5.82 Å². The van der Waals surface area contributed by atoms with Gasteiger partial charge in [0.25, 0.3) is 5.91 Å². The van der Waals surface area contributed by atoms with Crippen molar-refractivity contribution in [2.24, 2.45) is 5.92 Å². The molecule has 166 valence electrons. The first-order valence-corrected chi connectivity index (χ1v) is 11.6. The molecule has 0 aliphatic carbocycles. The van der Waals surface area contributed by atoms with Crippen molar-refractivity contribution in [2.45, 2.75) is 12.8 Å². The van der Waals surface area contributed by atoms with Gasteiger partial charge in [-0.05, 0) is 59.0 Å². The van der Waals surface area contributed by atoms with E-state index < -0.39 is 0 Å². The van der Waals surface area contributed by atoms with Crippen LogP contribution in [0.25, 0.3) is 0 Å². The van der Waals surface area contributed by atoms with Gasteiger partial charge in [0, 0.05) is 52.0 Å². The quantitative estimate of drug-likeness (QED) is 0.669. The topological polar surface area (TPSA) is 81.9 Å². The van der Waals surface area contributed by atoms with Crippen LogP contribution in [-0.2, 0) is 4.79 Å². The molecule has 0 spiro atoms. The third-order valence-corrected chi connectivity index (χ3v) is 6.36. The van der Waals surface area contributed by atoms with Gasteiger partial charge in [-0.15, -0.1) is 0 Å². The summed E-state index contributed by atoms with van der Waals surface area (Å²) in [6.07, 6.45) is 3.98. The second kappa shape index (κ2) is 10.3. The van der Waals surface area contributed by atoms with Gasteiger partial charge in [-0.25, -0.2) is 4.98 Å². The van der Waals surface area contributed by atoms with Crippen LogP contribution in [-0.4, -0.2) is 79.0 Å². The van der Waals surface area contributed by atoms with Crippen molar-refractivity contribution in [3.05, 3.63) is 47.0 Å². The van der Waals surface area contributed by atoms with Crippen molar-refractivity contribution in [3.63, 3.8) is 0 Å². The molecule has 8 nitrogen and oxygen atoms in total. The number of piperidine rings is 1. The summed E-state index contributed by atoms with van der Waals surface area (Å²) < 4.78 is 5.72. The molecule has 31 heavy (non-hydrogen) atoms. The average molecular weight is 490 g/mol. The van der Waals surface area contributed by atoms with Crippen LogP contribution in [0.15, 0.2) is 45.6 Å². The average Bonchev–Trinajstić information content (AvgIpc) is 3.25. The maximum Gasteiger partial charge on any atom is 0.287 e. The molecule has 0 radical (unpaired) electrons. The number of amides is 2. The first-order chi connectivity index (χ1) is 15.1. The fourth-order valence-electron chi connectivity index (χ4n) is 4.30. The number of hydrogen-bond acceptors (Lipinski definition) is 6. The Morgan fingerprint density at radius 2 is 1.97 bits per heavy atom. The number of anilines is 1. The lowest BCUT2D eigenvalue weighted by molar-refractivity contribution is -0.132. The Bertz CT molecular complexity index is 882. The third kappa shape index (κ3) is 5.86. The molecule has 1 atom stereocenters. The fraction of sp³-hybridized carbons (Fsp3) is 0.500. The highest BCUT2D eigenvalue weighted by Crippen LogP contribution is 2.20. The molecule has 1 N–H and O–H groups in total. The largest absolute Gasteiger partial charge is 0.444 e. The Morgan fingerprint density at radius 1 is 1.13 bits per heavy atom. The van der Waals surface area contributed by atoms with Crippen molar-refractivity contribution in [3.8, 4) is 0 Å². The van der Waals surface area contributed by atoms with Crippen LogP contribution in [0.5, 0.6) is 0 Å². The maximum atomic E-state index is 12.6. The van der Waals surface area contributed by atoms with Crippen LogP contribution in [0.4, 0.5) is 5.82 Å². The normalized spacial score (nSPS) is 20.0. The second-order valence-electron chi connectivity index (χ2n) is 8.11. The van der Waals surface area contributed by atoms with Crippen LogP contribution in [0.3, 0.4) is 0 Å². The molecule has 4 heterocycles. The lowest BCUT2D eigenvalue weighted by atomic mass is 9.97. The summed E-state index contributed by atoms with van der Waals surface area (Å²) >= 11 is 3.17. The molecular weight excluding hydrogens is 462 g/mol. The number of furan rings is 1. The molecule has 2 aromatic heterocycles. The number of carbonyl (C=O) groups excluding carboxylic acids is 2. The summed E-state index contributed by atoms with van der Waals surface area (Å²) in [7, 11) is 0. The number of nitrogens with one attached hydrogen (secondary N) is 1. The molecular formula is C22H28BrN5O3. The highest BCUT2D eigenvalue weighted by Gasteiger charge is 2.27. The van der Waals surface area contributed by atoms with Gasteiger partial charge in [-0.1, -0.05) is 6.07 Å². The van der Waals surface area contributed by atoms with Gasteiger partial charge in [0.05, 0.1) is 6.54 Å². The van der Waals surface area contributed by atoms with E-state index in [0.29, 0.717) is 10.6 Å². The van der Waals surface area contributed by atoms with E-state index in [9.17, 15) is 9.59 Å². The predicted molar refractivity (Wildman–Crippen MR) is 121 cm³/mol. The third-order valence-electron chi connectivity index (χ3n) is 5.93. The highest BCUT2D eigenvalue weighted by molar-refractivity contribution is 9.10. The van der Waals surface area contributed by atoms with Crippen LogP contribution < -0.4 is 10.2 Å². The molecule has 4 rings (SSSR count). The molecule has 9 heteroatoms. The van der Waals surface area contributed by atoms with Crippen LogP contribution >= 0.6 is 15.9 Å². The van der Waals surface area contributed by atoms with E-state index >= 15 is 0 Å². The SMILES string of the molecule is O=C(NCC(=O)N1CCCC(CN2CCN(c3ccccn3)CC2)C1)c1ccc(Br)o1. The molecule has 2 fully saturated rings. The zero-order chi connectivity index (χ0) is 21.6. The highest BCUT2D eigenvalue weighted by atomic mass is 79.9. The molecule has 2 aliphatic heterocycles. The first-order valence-electron chi connectivity index (χ1n) is 10.8. The van der Waals surface area contributed by atoms with E-state index in [1.807, 2.05) is 23.2 Å². The Hall–Kier alpha value is -2.39. The first kappa shape index (κ1) is 21.8. The molecule has 0 saturated carbocycles. The standard InChI is InChI=1S/C22H28BrN5O3/c23-19-7-6-18(31-19)22(30)25-14-21(29)28-9-3-4-17(16-28)15-26-10-12-27(13-11-26)20-5-1-2-8-24-20/h1-2,5-8,17H,3-4,9-16H2,(H,25,30). The summed E-state index contributed by atoms with van der Waals surface area (Å²) in [6.45, 7) is 6.47. The lowest BCUT2D eigenvalue weighted by Crippen LogP contribution is -2.51. The zero-order valence-corrected chi connectivity index (χ0v) is 19.1. The Balaban J connectivity index is 1.20. The van der Waals surface area contributed by atoms with Crippen molar-refractivity contribution in [2.75, 3.05) is 57.3 Å². The van der Waals surface area contributed by atoms with Crippen molar-refractivity contribution < 1.29 is 14.0 Å². The van der Waals surface area contributed by atoms with E-state index in [-0.39, 0.29) is 24.1 Å². The van der Waals surface area contributed by atoms with Crippen molar-refractivity contribution >= 4 is 33.6 Å². The molecule has 2 saturated heterocycles. The molecule has 1 unspecified atom stereocenters. The van der Waals surface area contributed by atoms with Gasteiger partial charge >= 0.3 is 0 Å². The van der Waals surface area contributed by atoms with E-state index in [1.165, 1.54) is 0 Å². The van der Waals surface area contributed by atoms with Crippen LogP contribution in [0.1, 0.15) is 23.4 Å². The van der Waals surface area contributed by atoms with Crippen molar-refractivity contribution in [1.29, 1.82) is 0 Å². The van der Waals surface area contributed by atoms with Gasteiger partial charge in [-0.3, -0.25) is 14.5 Å². The second-order valence-corrected chi connectivity index (χ2v) is 8.89. The van der Waals surface area contributed by atoms with Gasteiger partial charge in [0.2, 0.25) is 5.91 Å². The van der Waals surface area contributed by atoms with Gasteiger partial charge in [0.15, 0.2) is 10.4 Å². The van der Waals surface area contributed by atoms with Crippen LogP contribution in [0, 0.1) is 5.92 Å². The number of nitrogens with zero attached hydrogens (tertiary/aromatic N) is 4. The number of hydrogen-bond donors (Lipinski definition) is 1. The summed E-state index contributed by atoms with van der Waals surface area (Å²) in [5.74, 6) is 1.29. The molecule has 2 aliphatic rings. The zero-order valence-electron chi connectivity index (χ0n) is 17.5. The summed E-state index contributed by atoms with van der Waals surface area (Å²) in [5.41, 5.74) is 0. The number of aromatic nitrogens is 1. The number of piperazine rings is 1. The number of halogens is 1. The van der Waals surface area contributed by atoms with E-state index in [4.69, 9.17) is 4.42 Å². The molecule has 0 bridgehead atoms. The maximum absolute atomic E-state index is 12.6. The monoisotopic (exact) mass is 489 g/mol. The molecule has 2 aromatic rings. The smallest absolute Gasteiger partial charge is 0.287 e. The summed E-state index contributed by atoms with van der Waals surface area (Å²) in [6, 6.07) is 9.26. The van der Waals surface area contributed by atoms with Gasteiger partial charge < -0.3 is 19.5 Å². The van der Waals surface area contributed by atoms with E-state index in [2.05, 4.69) is 42.1 Å².